The van der Waals surface area contributed by atoms with Crippen molar-refractivity contribution >= 4 is 28.8 Å². The Balaban J connectivity index is 0.000000371. The first-order chi connectivity index (χ1) is 18.8. The van der Waals surface area contributed by atoms with Crippen LogP contribution in [0.25, 0.3) is 11.2 Å². The number of nitrogens with two attached hydrogens (primary N) is 1. The van der Waals surface area contributed by atoms with Crippen molar-refractivity contribution in [3.63, 3.8) is 0 Å². The summed E-state index contributed by atoms with van der Waals surface area (Å²) in [6.07, 6.45) is 5.73. The number of carbonyl (C=O) groups excluding carboxylic acids is 3. The summed E-state index contributed by atoms with van der Waals surface area (Å²) in [5.74, 6) is -0.319. The number of nitrogens with zero attached hydrogens (tertiary/aromatic N) is 2. The number of aromatic amines is 1. The Hall–Kier alpha value is -2.89. The van der Waals surface area contributed by atoms with Gasteiger partial charge in [-0.05, 0) is 54.4 Å². The number of rotatable bonds is 10. The smallest absolute Gasteiger partial charge is 0.319 e. The number of fused-ring (bicyclic) bond motifs is 1. The van der Waals surface area contributed by atoms with E-state index in [4.69, 9.17) is 15.6 Å². The summed E-state index contributed by atoms with van der Waals surface area (Å²) in [7, 11) is 0. The molecule has 0 spiro atoms. The molecule has 1 amide bonds. The summed E-state index contributed by atoms with van der Waals surface area (Å²) in [6.45, 7) is 18.2. The average molecular weight is 578 g/mol. The minimum atomic E-state index is -0.990. The van der Waals surface area contributed by atoms with Crippen LogP contribution in [0.3, 0.4) is 0 Å². The van der Waals surface area contributed by atoms with E-state index >= 15 is 0 Å². The van der Waals surface area contributed by atoms with Crippen LogP contribution in [0.4, 0.5) is 0 Å². The summed E-state index contributed by atoms with van der Waals surface area (Å²) in [4.78, 5) is 46.4. The maximum atomic E-state index is 12.5. The molecule has 0 radical (unpaired) electrons. The Kier molecular flexibility index (Phi) is 13.1. The second-order valence-electron chi connectivity index (χ2n) is 12.6. The first-order valence-electron chi connectivity index (χ1n) is 14.2. The molecule has 2 aromatic heterocycles. The topological polar surface area (TPSA) is 181 Å². The standard InChI is InChI=1S/C16H22N4O2.C8H14O3.C6H15NO/c1-9(16(2,3)8-21)19-15(22)11-6-17-14-13(11)20-12(7-18-14)10-4-5-10;1-5-11-7(10)8(3,4)6(2)9;1-5(7)6(2,3)4-8/h6-7,9-10,21H,4-5,8H2,1-3H3,(H,17,18)(H,19,22);5H2,1-4H3;5,8H,4,7H2,1-3H3. The number of aliphatic hydroxyl groups is 2. The van der Waals surface area contributed by atoms with Crippen LogP contribution in [0.5, 0.6) is 0 Å². The van der Waals surface area contributed by atoms with Crippen LogP contribution in [-0.4, -0.2) is 74.7 Å². The van der Waals surface area contributed by atoms with E-state index in [-0.39, 0.29) is 47.8 Å². The van der Waals surface area contributed by atoms with Gasteiger partial charge in [0.15, 0.2) is 5.65 Å². The minimum absolute atomic E-state index is 0.00790. The maximum absolute atomic E-state index is 12.5. The van der Waals surface area contributed by atoms with Crippen molar-refractivity contribution in [1.29, 1.82) is 0 Å². The van der Waals surface area contributed by atoms with E-state index in [9.17, 15) is 19.5 Å². The quantitative estimate of drug-likeness (QED) is 0.209. The molecule has 1 aliphatic rings. The van der Waals surface area contributed by atoms with Gasteiger partial charge in [0.25, 0.3) is 5.91 Å². The zero-order valence-corrected chi connectivity index (χ0v) is 26.4. The fourth-order valence-corrected chi connectivity index (χ4v) is 2.86. The van der Waals surface area contributed by atoms with Gasteiger partial charge in [0, 0.05) is 41.6 Å². The second kappa shape index (κ2) is 14.8. The molecule has 2 aromatic rings. The molecule has 41 heavy (non-hydrogen) atoms. The first kappa shape index (κ1) is 36.1. The third kappa shape index (κ3) is 10.2. The van der Waals surface area contributed by atoms with E-state index in [1.807, 2.05) is 41.5 Å². The molecule has 2 heterocycles. The molecular weight excluding hydrogens is 526 g/mol. The number of aliphatic hydroxyl groups excluding tert-OH is 2. The van der Waals surface area contributed by atoms with Crippen LogP contribution in [0.2, 0.25) is 0 Å². The number of H-pyrrole nitrogens is 1. The minimum Gasteiger partial charge on any atom is -0.465 e. The highest BCUT2D eigenvalue weighted by Crippen LogP contribution is 2.39. The molecule has 0 aliphatic heterocycles. The fraction of sp³-hybridized carbons (Fsp3) is 0.700. The average Bonchev–Trinajstić information content (AvgIpc) is 3.67. The van der Waals surface area contributed by atoms with Crippen molar-refractivity contribution in [2.24, 2.45) is 22.0 Å². The van der Waals surface area contributed by atoms with Crippen molar-refractivity contribution in [2.45, 2.75) is 100 Å². The summed E-state index contributed by atoms with van der Waals surface area (Å²) in [5, 5.41) is 21.0. The van der Waals surface area contributed by atoms with E-state index in [2.05, 4.69) is 20.3 Å². The van der Waals surface area contributed by atoms with Crippen LogP contribution in [-0.2, 0) is 14.3 Å². The van der Waals surface area contributed by atoms with Gasteiger partial charge in [-0.3, -0.25) is 14.4 Å². The van der Waals surface area contributed by atoms with Gasteiger partial charge in [-0.1, -0.05) is 27.7 Å². The lowest BCUT2D eigenvalue weighted by molar-refractivity contribution is -0.157. The molecule has 11 heteroatoms. The number of esters is 1. The number of Topliss-reactive ketones (excluding diaryl/α,β-unsaturated/α-hetero) is 1. The van der Waals surface area contributed by atoms with E-state index in [1.54, 1.807) is 33.2 Å². The monoisotopic (exact) mass is 577 g/mol. The van der Waals surface area contributed by atoms with E-state index < -0.39 is 11.4 Å². The lowest BCUT2D eigenvalue weighted by atomic mass is 9.86. The van der Waals surface area contributed by atoms with Crippen LogP contribution < -0.4 is 11.1 Å². The second-order valence-corrected chi connectivity index (χ2v) is 12.6. The lowest BCUT2D eigenvalue weighted by Gasteiger charge is -2.30. The summed E-state index contributed by atoms with van der Waals surface area (Å²) >= 11 is 0. The summed E-state index contributed by atoms with van der Waals surface area (Å²) in [6, 6.07) is -0.0953. The Morgan fingerprint density at radius 1 is 1.10 bits per heavy atom. The zero-order chi connectivity index (χ0) is 31.8. The van der Waals surface area contributed by atoms with Gasteiger partial charge < -0.3 is 31.0 Å². The molecule has 2 atom stereocenters. The summed E-state index contributed by atoms with van der Waals surface area (Å²) < 4.78 is 4.71. The Morgan fingerprint density at radius 3 is 2.07 bits per heavy atom. The molecule has 3 rings (SSSR count). The van der Waals surface area contributed by atoms with Gasteiger partial charge in [0.2, 0.25) is 0 Å². The van der Waals surface area contributed by atoms with Crippen molar-refractivity contribution < 1.29 is 29.3 Å². The van der Waals surface area contributed by atoms with Gasteiger partial charge in [-0.25, -0.2) is 9.97 Å². The van der Waals surface area contributed by atoms with Gasteiger partial charge in [-0.15, -0.1) is 0 Å². The number of aromatic nitrogens is 3. The Morgan fingerprint density at radius 2 is 1.66 bits per heavy atom. The largest absolute Gasteiger partial charge is 0.465 e. The fourth-order valence-electron chi connectivity index (χ4n) is 2.86. The molecule has 6 N–H and O–H groups in total. The third-order valence-corrected chi connectivity index (χ3v) is 7.87. The molecular formula is C30H51N5O6. The van der Waals surface area contributed by atoms with Crippen molar-refractivity contribution in [2.75, 3.05) is 19.8 Å². The number of amides is 1. The Bertz CT molecular complexity index is 1170. The van der Waals surface area contributed by atoms with Crippen LogP contribution >= 0.6 is 0 Å². The van der Waals surface area contributed by atoms with E-state index in [0.29, 0.717) is 29.3 Å². The molecule has 2 unspecified atom stereocenters. The number of hydrogen-bond acceptors (Lipinski definition) is 9. The molecule has 1 aliphatic carbocycles. The van der Waals surface area contributed by atoms with Crippen molar-refractivity contribution in [3.8, 4) is 0 Å². The van der Waals surface area contributed by atoms with Crippen molar-refractivity contribution in [1.82, 2.24) is 20.3 Å². The van der Waals surface area contributed by atoms with Gasteiger partial charge in [-0.2, -0.15) is 0 Å². The molecule has 1 saturated carbocycles. The predicted molar refractivity (Wildman–Crippen MR) is 159 cm³/mol. The van der Waals surface area contributed by atoms with Crippen molar-refractivity contribution in [3.05, 3.63) is 23.7 Å². The molecule has 1 fully saturated rings. The molecule has 0 aromatic carbocycles. The molecule has 0 bridgehead atoms. The number of ether oxygens (including phenoxy) is 1. The highest BCUT2D eigenvalue weighted by Gasteiger charge is 2.34. The molecule has 232 valence electrons. The lowest BCUT2D eigenvalue weighted by Crippen LogP contribution is -2.44. The number of hydrogen-bond donors (Lipinski definition) is 5. The Labute approximate surface area is 244 Å². The summed E-state index contributed by atoms with van der Waals surface area (Å²) in [5.41, 5.74) is 6.74. The van der Waals surface area contributed by atoms with Gasteiger partial charge in [0.1, 0.15) is 16.7 Å². The molecule has 11 nitrogen and oxygen atoms in total. The van der Waals surface area contributed by atoms with Crippen LogP contribution in [0.15, 0.2) is 12.4 Å². The zero-order valence-electron chi connectivity index (χ0n) is 26.4. The number of ketones is 1. The SMILES string of the molecule is CC(N)C(C)(C)CO.CC(NC(=O)c1c[nH]c2ncc(C3CC3)nc12)C(C)(C)CO.CCOC(=O)C(C)(C)C(C)=O. The van der Waals surface area contributed by atoms with Crippen LogP contribution in [0.1, 0.15) is 104 Å². The van der Waals surface area contributed by atoms with Gasteiger partial charge >= 0.3 is 5.97 Å². The van der Waals surface area contributed by atoms with E-state index in [0.717, 1.165) is 18.5 Å². The highest BCUT2D eigenvalue weighted by molar-refractivity contribution is 6.04. The van der Waals surface area contributed by atoms with Crippen LogP contribution in [0, 0.1) is 16.2 Å². The van der Waals surface area contributed by atoms with Gasteiger partial charge in [0.05, 0.1) is 30.7 Å². The van der Waals surface area contributed by atoms with E-state index in [1.165, 1.54) is 6.92 Å². The highest BCUT2D eigenvalue weighted by atomic mass is 16.5. The predicted octanol–water partition coefficient (Wildman–Crippen LogP) is 3.49. The normalized spacial score (nSPS) is 15.0. The number of nitrogens with one attached hydrogen (secondary N) is 2. The maximum Gasteiger partial charge on any atom is 0.319 e. The number of carbonyl (C=O) groups is 3. The third-order valence-electron chi connectivity index (χ3n) is 7.87. The first-order valence-corrected chi connectivity index (χ1v) is 14.2. The molecule has 0 saturated heterocycles.